The molecule has 7 nitrogen and oxygen atoms in total. The number of carbonyl (C=O) groups excluding carboxylic acids is 2. The zero-order valence-electron chi connectivity index (χ0n) is 20.1. The van der Waals surface area contributed by atoms with E-state index in [-0.39, 0.29) is 12.0 Å². The highest BCUT2D eigenvalue weighted by Gasteiger charge is 2.24. The molecule has 0 fully saturated rings. The summed E-state index contributed by atoms with van der Waals surface area (Å²) >= 11 is 0. The molecule has 1 aromatic rings. The Bertz CT molecular complexity index is 781. The number of carbonyl (C=O) groups is 2. The van der Waals surface area contributed by atoms with Gasteiger partial charge < -0.3 is 19.4 Å². The number of ether oxygens (including phenoxy) is 2. The molecule has 2 N–H and O–H groups in total. The third kappa shape index (κ3) is 10.6. The van der Waals surface area contributed by atoms with Crippen LogP contribution in [-0.4, -0.2) is 42.1 Å². The Morgan fingerprint density at radius 1 is 1.16 bits per heavy atom. The number of hydrogen-bond donors (Lipinski definition) is 2. The summed E-state index contributed by atoms with van der Waals surface area (Å²) in [6.07, 6.45) is 4.19. The fourth-order valence-corrected chi connectivity index (χ4v) is 2.95. The van der Waals surface area contributed by atoms with Gasteiger partial charge in [0.2, 0.25) is 0 Å². The van der Waals surface area contributed by atoms with E-state index in [2.05, 4.69) is 25.1 Å². The first-order chi connectivity index (χ1) is 14.9. The number of rotatable bonds is 9. The molecule has 0 unspecified atom stereocenters. The second-order valence-corrected chi connectivity index (χ2v) is 8.90. The standard InChI is InChI=1S/C25H37NO6/c1-17(15-18(2)22(30-7)16-20-11-9-8-10-12-20)13-14-21(27)19(3)23(28)32-26-24(29)31-25(4,5)6/h8-15,18-19,21-22,27H,16H2,1-7H3,(H,26,29)/b14-13+,17-15+/t18-,19-,21+,22-/m0/s1. The van der Waals surface area contributed by atoms with Crippen molar-refractivity contribution in [1.82, 2.24) is 5.48 Å². The second-order valence-electron chi connectivity index (χ2n) is 8.90. The Hall–Kier alpha value is -2.64. The predicted molar refractivity (Wildman–Crippen MR) is 124 cm³/mol. The zero-order chi connectivity index (χ0) is 24.3. The van der Waals surface area contributed by atoms with E-state index in [9.17, 15) is 14.7 Å². The van der Waals surface area contributed by atoms with Gasteiger partial charge in [-0.2, -0.15) is 0 Å². The second kappa shape index (κ2) is 13.0. The lowest BCUT2D eigenvalue weighted by molar-refractivity contribution is -0.157. The van der Waals surface area contributed by atoms with E-state index in [0.717, 1.165) is 12.0 Å². The Labute approximate surface area is 191 Å². The molecule has 0 aliphatic carbocycles. The molecule has 0 aliphatic rings. The van der Waals surface area contributed by atoms with E-state index in [1.54, 1.807) is 34.0 Å². The average Bonchev–Trinajstić information content (AvgIpc) is 2.72. The lowest BCUT2D eigenvalue weighted by atomic mass is 9.95. The Morgan fingerprint density at radius 3 is 2.34 bits per heavy atom. The van der Waals surface area contributed by atoms with Crippen LogP contribution in [0, 0.1) is 11.8 Å². The van der Waals surface area contributed by atoms with Crippen LogP contribution in [0.15, 0.2) is 54.1 Å². The van der Waals surface area contributed by atoms with Gasteiger partial charge in [-0.1, -0.05) is 61.1 Å². The number of aliphatic hydroxyl groups excluding tert-OH is 1. The van der Waals surface area contributed by atoms with Gasteiger partial charge in [0.05, 0.1) is 18.1 Å². The molecule has 178 valence electrons. The fraction of sp³-hybridized carbons (Fsp3) is 0.520. The van der Waals surface area contributed by atoms with Crippen LogP contribution in [0.4, 0.5) is 4.79 Å². The molecule has 0 aliphatic heterocycles. The Morgan fingerprint density at radius 2 is 1.78 bits per heavy atom. The number of methoxy groups -OCH3 is 1. The number of hydrogen-bond acceptors (Lipinski definition) is 6. The van der Waals surface area contributed by atoms with Gasteiger partial charge >= 0.3 is 12.1 Å². The van der Waals surface area contributed by atoms with Gasteiger partial charge in [-0.05, 0) is 46.6 Å². The van der Waals surface area contributed by atoms with E-state index >= 15 is 0 Å². The van der Waals surface area contributed by atoms with Crippen molar-refractivity contribution in [2.45, 2.75) is 65.8 Å². The summed E-state index contributed by atoms with van der Waals surface area (Å²) < 4.78 is 10.7. The maximum absolute atomic E-state index is 12.1. The smallest absolute Gasteiger partial charge is 0.441 e. The number of nitrogens with one attached hydrogen (secondary N) is 1. The molecule has 32 heavy (non-hydrogen) atoms. The number of aliphatic hydroxyl groups is 1. The summed E-state index contributed by atoms with van der Waals surface area (Å²) in [5.41, 5.74) is 3.35. The molecule has 0 saturated carbocycles. The third-order valence-corrected chi connectivity index (χ3v) is 4.77. The van der Waals surface area contributed by atoms with Crippen molar-refractivity contribution >= 4 is 12.1 Å². The normalized spacial score (nSPS) is 16.2. The Kier molecular flexibility index (Phi) is 11.2. The lowest BCUT2D eigenvalue weighted by Gasteiger charge is -2.21. The maximum atomic E-state index is 12.1. The molecule has 0 radical (unpaired) electrons. The van der Waals surface area contributed by atoms with Gasteiger partial charge in [0.15, 0.2) is 0 Å². The molecule has 1 amide bonds. The monoisotopic (exact) mass is 447 g/mol. The molecule has 1 aromatic carbocycles. The molecule has 0 aromatic heterocycles. The van der Waals surface area contributed by atoms with Crippen LogP contribution in [0.3, 0.4) is 0 Å². The highest BCUT2D eigenvalue weighted by molar-refractivity contribution is 5.75. The van der Waals surface area contributed by atoms with Crippen molar-refractivity contribution in [2.75, 3.05) is 7.11 Å². The minimum absolute atomic E-state index is 0.0125. The molecule has 7 heteroatoms. The fourth-order valence-electron chi connectivity index (χ4n) is 2.95. The molecule has 0 spiro atoms. The van der Waals surface area contributed by atoms with E-state index < -0.39 is 29.7 Å². The Balaban J connectivity index is 2.60. The summed E-state index contributed by atoms with van der Waals surface area (Å²) in [5, 5.41) is 10.3. The first kappa shape index (κ1) is 27.4. The van der Waals surface area contributed by atoms with Crippen molar-refractivity contribution in [1.29, 1.82) is 0 Å². The van der Waals surface area contributed by atoms with Crippen molar-refractivity contribution in [3.05, 3.63) is 59.7 Å². The molecular formula is C25H37NO6. The molecule has 0 bridgehead atoms. The molecule has 1 rings (SSSR count). The van der Waals surface area contributed by atoms with E-state index in [0.29, 0.717) is 0 Å². The quantitative estimate of drug-likeness (QED) is 0.431. The number of allylic oxidation sites excluding steroid dienone is 2. The van der Waals surface area contributed by atoms with Gasteiger partial charge in [0.1, 0.15) is 5.60 Å². The summed E-state index contributed by atoms with van der Waals surface area (Å²) in [5.74, 6) is -1.51. The summed E-state index contributed by atoms with van der Waals surface area (Å²) in [7, 11) is 1.70. The van der Waals surface area contributed by atoms with Crippen LogP contribution < -0.4 is 5.48 Å². The molecule has 0 heterocycles. The van der Waals surface area contributed by atoms with E-state index in [1.807, 2.05) is 30.6 Å². The average molecular weight is 448 g/mol. The van der Waals surface area contributed by atoms with Gasteiger partial charge in [-0.25, -0.2) is 9.59 Å². The van der Waals surface area contributed by atoms with Crippen LogP contribution in [0.5, 0.6) is 0 Å². The number of benzene rings is 1. The first-order valence-corrected chi connectivity index (χ1v) is 10.7. The highest BCUT2D eigenvalue weighted by atomic mass is 16.7. The van der Waals surface area contributed by atoms with Crippen molar-refractivity contribution in [2.24, 2.45) is 11.8 Å². The third-order valence-electron chi connectivity index (χ3n) is 4.77. The maximum Gasteiger partial charge on any atom is 0.441 e. The van der Waals surface area contributed by atoms with Crippen molar-refractivity contribution < 1.29 is 29.0 Å². The largest absolute Gasteiger partial charge is 0.442 e. The van der Waals surface area contributed by atoms with Gasteiger partial charge in [0, 0.05) is 13.0 Å². The minimum atomic E-state index is -1.08. The van der Waals surface area contributed by atoms with Crippen molar-refractivity contribution in [3.63, 3.8) is 0 Å². The van der Waals surface area contributed by atoms with Gasteiger partial charge in [0.25, 0.3) is 0 Å². The van der Waals surface area contributed by atoms with Crippen LogP contribution in [-0.2, 0) is 25.5 Å². The van der Waals surface area contributed by atoms with E-state index in [4.69, 9.17) is 14.3 Å². The van der Waals surface area contributed by atoms with Crippen LogP contribution in [0.25, 0.3) is 0 Å². The van der Waals surface area contributed by atoms with Gasteiger partial charge in [-0.15, -0.1) is 5.48 Å². The topological polar surface area (TPSA) is 94.1 Å². The van der Waals surface area contributed by atoms with Crippen LogP contribution in [0.1, 0.15) is 47.1 Å². The van der Waals surface area contributed by atoms with Crippen LogP contribution in [0.2, 0.25) is 0 Å². The highest BCUT2D eigenvalue weighted by Crippen LogP contribution is 2.17. The summed E-state index contributed by atoms with van der Waals surface area (Å²) in [4.78, 5) is 28.3. The van der Waals surface area contributed by atoms with E-state index in [1.165, 1.54) is 18.6 Å². The van der Waals surface area contributed by atoms with Crippen molar-refractivity contribution in [3.8, 4) is 0 Å². The van der Waals surface area contributed by atoms with Crippen LogP contribution >= 0.6 is 0 Å². The molecule has 4 atom stereocenters. The molecular weight excluding hydrogens is 410 g/mol. The SMILES string of the molecule is CO[C@@H](Cc1ccccc1)[C@@H](C)/C=C(C)/C=C/[C@@H](O)[C@H](C)C(=O)ONC(=O)OC(C)(C)C. The number of hydroxylamine groups is 1. The first-order valence-electron chi connectivity index (χ1n) is 10.7. The minimum Gasteiger partial charge on any atom is -0.442 e. The summed E-state index contributed by atoms with van der Waals surface area (Å²) in [6, 6.07) is 10.1. The molecule has 0 saturated heterocycles. The lowest BCUT2D eigenvalue weighted by Crippen LogP contribution is -2.37. The zero-order valence-corrected chi connectivity index (χ0v) is 20.1. The van der Waals surface area contributed by atoms with Gasteiger partial charge in [-0.3, -0.25) is 0 Å². The number of amides is 1. The summed E-state index contributed by atoms with van der Waals surface area (Å²) in [6.45, 7) is 10.6. The predicted octanol–water partition coefficient (Wildman–Crippen LogP) is 4.36.